The van der Waals surface area contributed by atoms with Crippen molar-refractivity contribution in [3.8, 4) is 0 Å². The third-order valence-corrected chi connectivity index (χ3v) is 5.11. The first-order valence-corrected chi connectivity index (χ1v) is 10.7. The van der Waals surface area contributed by atoms with Crippen LogP contribution in [0.3, 0.4) is 0 Å². The molecule has 3 rings (SSSR count). The minimum absolute atomic E-state index is 0.0339. The van der Waals surface area contributed by atoms with Crippen LogP contribution in [0.4, 0.5) is 11.5 Å². The number of piperazine rings is 1. The summed E-state index contributed by atoms with van der Waals surface area (Å²) in [6.07, 6.45) is 2.31. The summed E-state index contributed by atoms with van der Waals surface area (Å²) in [6, 6.07) is 11.0. The molecule has 1 aromatic heterocycles. The Hall–Kier alpha value is -3.13. The van der Waals surface area contributed by atoms with Gasteiger partial charge < -0.3 is 25.5 Å². The molecule has 1 aliphatic heterocycles. The maximum absolute atomic E-state index is 12.9. The Balaban J connectivity index is 1.58. The zero-order valence-corrected chi connectivity index (χ0v) is 18.2. The average Bonchev–Trinajstić information content (AvgIpc) is 2.79. The number of benzene rings is 1. The molecule has 0 saturated carbocycles. The van der Waals surface area contributed by atoms with E-state index in [1.807, 2.05) is 17.0 Å². The minimum Gasteiger partial charge on any atom is -0.396 e. The van der Waals surface area contributed by atoms with E-state index >= 15 is 0 Å². The number of aromatic nitrogens is 1. The number of carbonyl (C=O) groups excluding carboxylic acids is 2. The molecule has 1 aliphatic rings. The highest BCUT2D eigenvalue weighted by molar-refractivity contribution is 5.97. The van der Waals surface area contributed by atoms with Crippen molar-refractivity contribution in [1.82, 2.24) is 15.2 Å². The first-order chi connectivity index (χ1) is 15.0. The molecule has 166 valence electrons. The van der Waals surface area contributed by atoms with E-state index in [2.05, 4.69) is 34.4 Å². The van der Waals surface area contributed by atoms with E-state index in [4.69, 9.17) is 5.11 Å². The fourth-order valence-electron chi connectivity index (χ4n) is 3.52. The van der Waals surface area contributed by atoms with Gasteiger partial charge in [-0.2, -0.15) is 0 Å². The summed E-state index contributed by atoms with van der Waals surface area (Å²) in [4.78, 5) is 33.5. The fourth-order valence-corrected chi connectivity index (χ4v) is 3.52. The van der Waals surface area contributed by atoms with E-state index in [9.17, 15) is 9.59 Å². The highest BCUT2D eigenvalue weighted by Gasteiger charge is 2.24. The molecular weight excluding hydrogens is 394 g/mol. The second kappa shape index (κ2) is 10.8. The van der Waals surface area contributed by atoms with Crippen LogP contribution in [0.25, 0.3) is 0 Å². The Morgan fingerprint density at radius 3 is 2.39 bits per heavy atom. The van der Waals surface area contributed by atoms with Crippen molar-refractivity contribution in [2.75, 3.05) is 49.5 Å². The molecule has 2 aromatic rings. The van der Waals surface area contributed by atoms with E-state index in [-0.39, 0.29) is 18.4 Å². The summed E-state index contributed by atoms with van der Waals surface area (Å²) in [6.45, 7) is 7.29. The summed E-state index contributed by atoms with van der Waals surface area (Å²) in [5.41, 5.74) is 2.07. The van der Waals surface area contributed by atoms with E-state index in [0.717, 1.165) is 11.5 Å². The van der Waals surface area contributed by atoms with Gasteiger partial charge in [0.05, 0.1) is 5.69 Å². The molecule has 0 radical (unpaired) electrons. The Morgan fingerprint density at radius 1 is 1.06 bits per heavy atom. The normalized spacial score (nSPS) is 13.9. The first kappa shape index (κ1) is 22.6. The van der Waals surface area contributed by atoms with Gasteiger partial charge in [-0.15, -0.1) is 0 Å². The van der Waals surface area contributed by atoms with Gasteiger partial charge in [-0.05, 0) is 56.7 Å². The zero-order valence-electron chi connectivity index (χ0n) is 18.2. The number of hydrogen-bond acceptors (Lipinski definition) is 6. The lowest BCUT2D eigenvalue weighted by molar-refractivity contribution is 0.0746. The molecule has 3 N–H and O–H groups in total. The Kier molecular flexibility index (Phi) is 7.83. The van der Waals surface area contributed by atoms with Crippen LogP contribution in [0.2, 0.25) is 0 Å². The van der Waals surface area contributed by atoms with E-state index in [0.29, 0.717) is 56.3 Å². The standard InChI is InChI=1S/C23H31N5O3/c1-17(2)26-20-5-3-10-24-21(20)27-12-14-28(15-13-27)23(31)19-8-6-18(7-9-19)22(30)25-11-4-16-29/h3,5-10,17,26,29H,4,11-16H2,1-2H3,(H,25,30). The zero-order chi connectivity index (χ0) is 22.2. The Labute approximate surface area is 183 Å². The molecule has 1 fully saturated rings. The predicted octanol–water partition coefficient (Wildman–Crippen LogP) is 1.98. The third kappa shape index (κ3) is 5.95. The second-order valence-electron chi connectivity index (χ2n) is 7.86. The van der Waals surface area contributed by atoms with Crippen LogP contribution in [0.15, 0.2) is 42.6 Å². The largest absolute Gasteiger partial charge is 0.396 e. The van der Waals surface area contributed by atoms with E-state index < -0.39 is 0 Å². The van der Waals surface area contributed by atoms with Gasteiger partial charge in [0.25, 0.3) is 11.8 Å². The number of aliphatic hydroxyl groups is 1. The Morgan fingerprint density at radius 2 is 1.74 bits per heavy atom. The van der Waals surface area contributed by atoms with E-state index in [1.54, 1.807) is 30.5 Å². The molecule has 0 unspecified atom stereocenters. The smallest absolute Gasteiger partial charge is 0.253 e. The molecule has 1 aromatic carbocycles. The van der Waals surface area contributed by atoms with Crippen LogP contribution in [-0.2, 0) is 0 Å². The molecule has 2 heterocycles. The number of aliphatic hydroxyl groups excluding tert-OH is 1. The van der Waals surface area contributed by atoms with Crippen molar-refractivity contribution >= 4 is 23.3 Å². The lowest BCUT2D eigenvalue weighted by atomic mass is 10.1. The average molecular weight is 426 g/mol. The lowest BCUT2D eigenvalue weighted by Crippen LogP contribution is -2.49. The molecule has 1 saturated heterocycles. The van der Waals surface area contributed by atoms with Gasteiger partial charge in [0.1, 0.15) is 0 Å². The van der Waals surface area contributed by atoms with Crippen LogP contribution >= 0.6 is 0 Å². The molecule has 8 heteroatoms. The van der Waals surface area contributed by atoms with E-state index in [1.165, 1.54) is 0 Å². The minimum atomic E-state index is -0.206. The molecule has 0 spiro atoms. The van der Waals surface area contributed by atoms with Gasteiger partial charge in [-0.25, -0.2) is 4.98 Å². The highest BCUT2D eigenvalue weighted by atomic mass is 16.3. The van der Waals surface area contributed by atoms with Crippen LogP contribution in [0.5, 0.6) is 0 Å². The molecular formula is C23H31N5O3. The maximum Gasteiger partial charge on any atom is 0.253 e. The summed E-state index contributed by atoms with van der Waals surface area (Å²) in [5.74, 6) is 0.676. The number of rotatable bonds is 8. The number of hydrogen-bond donors (Lipinski definition) is 3. The summed E-state index contributed by atoms with van der Waals surface area (Å²) >= 11 is 0. The third-order valence-electron chi connectivity index (χ3n) is 5.11. The van der Waals surface area contributed by atoms with Crippen molar-refractivity contribution in [1.29, 1.82) is 0 Å². The van der Waals surface area contributed by atoms with Gasteiger partial charge in [-0.1, -0.05) is 0 Å². The summed E-state index contributed by atoms with van der Waals surface area (Å²) < 4.78 is 0. The van der Waals surface area contributed by atoms with Crippen LogP contribution in [-0.4, -0.2) is 72.2 Å². The van der Waals surface area contributed by atoms with Gasteiger partial charge in [-0.3, -0.25) is 9.59 Å². The molecule has 31 heavy (non-hydrogen) atoms. The number of carbonyl (C=O) groups is 2. The maximum atomic E-state index is 12.9. The molecule has 2 amide bonds. The highest BCUT2D eigenvalue weighted by Crippen LogP contribution is 2.25. The van der Waals surface area contributed by atoms with Crippen molar-refractivity contribution in [2.24, 2.45) is 0 Å². The number of nitrogens with zero attached hydrogens (tertiary/aromatic N) is 3. The van der Waals surface area contributed by atoms with Crippen LogP contribution in [0, 0.1) is 0 Å². The quantitative estimate of drug-likeness (QED) is 0.560. The topological polar surface area (TPSA) is 97.8 Å². The molecule has 0 atom stereocenters. The second-order valence-corrected chi connectivity index (χ2v) is 7.86. The number of nitrogens with one attached hydrogen (secondary N) is 2. The Bertz CT molecular complexity index is 877. The van der Waals surface area contributed by atoms with Crippen molar-refractivity contribution < 1.29 is 14.7 Å². The van der Waals surface area contributed by atoms with Crippen LogP contribution in [0.1, 0.15) is 41.0 Å². The molecule has 0 aliphatic carbocycles. The number of anilines is 2. The fraction of sp³-hybridized carbons (Fsp3) is 0.435. The van der Waals surface area contributed by atoms with Crippen molar-refractivity contribution in [3.05, 3.63) is 53.7 Å². The first-order valence-electron chi connectivity index (χ1n) is 10.7. The van der Waals surface area contributed by atoms with Gasteiger partial charge in [0.15, 0.2) is 5.82 Å². The number of amides is 2. The van der Waals surface area contributed by atoms with Gasteiger partial charge in [0, 0.05) is 62.7 Å². The summed E-state index contributed by atoms with van der Waals surface area (Å²) in [5, 5.41) is 15.0. The van der Waals surface area contributed by atoms with Crippen molar-refractivity contribution in [3.63, 3.8) is 0 Å². The molecule has 8 nitrogen and oxygen atoms in total. The number of pyridine rings is 1. The molecule has 0 bridgehead atoms. The summed E-state index contributed by atoms with van der Waals surface area (Å²) in [7, 11) is 0. The SMILES string of the molecule is CC(C)Nc1cccnc1N1CCN(C(=O)c2ccc(C(=O)NCCCO)cc2)CC1. The monoisotopic (exact) mass is 425 g/mol. The van der Waals surface area contributed by atoms with Gasteiger partial charge >= 0.3 is 0 Å². The predicted molar refractivity (Wildman–Crippen MR) is 122 cm³/mol. The van der Waals surface area contributed by atoms with Crippen molar-refractivity contribution in [2.45, 2.75) is 26.3 Å². The van der Waals surface area contributed by atoms with Crippen LogP contribution < -0.4 is 15.5 Å². The van der Waals surface area contributed by atoms with Gasteiger partial charge in [0.2, 0.25) is 0 Å². The lowest BCUT2D eigenvalue weighted by Gasteiger charge is -2.36.